The summed E-state index contributed by atoms with van der Waals surface area (Å²) in [6.45, 7) is 1.42. The van der Waals surface area contributed by atoms with Crippen LogP contribution in [-0.4, -0.2) is 14.0 Å². The van der Waals surface area contributed by atoms with Gasteiger partial charge in [0.05, 0.1) is 6.07 Å². The van der Waals surface area contributed by atoms with Gasteiger partial charge < -0.3 is 0 Å². The highest BCUT2D eigenvalue weighted by molar-refractivity contribution is 7.89. The molecule has 0 bridgehead atoms. The van der Waals surface area contributed by atoms with Gasteiger partial charge in [-0.3, -0.25) is 0 Å². The standard InChI is InChI=1S/C12H12F2N2O2S/c1-12(7-15,8-5-6-8)16-19(17,18)11-9(13)3-2-4-10(11)14/h2-4,8,16H,5-6H2,1H3/t12-/m1/s1. The van der Waals surface area contributed by atoms with E-state index in [1.54, 1.807) is 0 Å². The third kappa shape index (κ3) is 2.60. The van der Waals surface area contributed by atoms with E-state index in [9.17, 15) is 17.2 Å². The lowest BCUT2D eigenvalue weighted by Gasteiger charge is -2.22. The van der Waals surface area contributed by atoms with Crippen molar-refractivity contribution in [2.75, 3.05) is 0 Å². The second kappa shape index (κ2) is 4.54. The number of nitrogens with one attached hydrogen (secondary N) is 1. The van der Waals surface area contributed by atoms with Gasteiger partial charge in [0.1, 0.15) is 17.2 Å². The molecule has 1 aromatic carbocycles. The molecule has 1 atom stereocenters. The van der Waals surface area contributed by atoms with Crippen LogP contribution in [0.5, 0.6) is 0 Å². The third-order valence-electron chi connectivity index (χ3n) is 3.16. The average Bonchev–Trinajstić information content (AvgIpc) is 3.11. The predicted octanol–water partition coefficient (Wildman–Crippen LogP) is 1.94. The number of hydrogen-bond acceptors (Lipinski definition) is 3. The van der Waals surface area contributed by atoms with Crippen LogP contribution in [0, 0.1) is 28.9 Å². The highest BCUT2D eigenvalue weighted by Crippen LogP contribution is 2.40. The molecule has 0 aliphatic heterocycles. The van der Waals surface area contributed by atoms with Crippen LogP contribution in [0.2, 0.25) is 0 Å². The van der Waals surface area contributed by atoms with Gasteiger partial charge in [-0.05, 0) is 37.8 Å². The Morgan fingerprint density at radius 3 is 2.32 bits per heavy atom. The molecule has 1 aliphatic rings. The fourth-order valence-electron chi connectivity index (χ4n) is 1.93. The van der Waals surface area contributed by atoms with Crippen LogP contribution in [0.25, 0.3) is 0 Å². The maximum absolute atomic E-state index is 13.5. The van der Waals surface area contributed by atoms with Gasteiger partial charge in [0.15, 0.2) is 4.90 Å². The van der Waals surface area contributed by atoms with Crippen molar-refractivity contribution in [2.45, 2.75) is 30.2 Å². The number of benzene rings is 1. The lowest BCUT2D eigenvalue weighted by molar-refractivity contribution is 0.450. The normalized spacial score (nSPS) is 18.6. The van der Waals surface area contributed by atoms with E-state index in [0.29, 0.717) is 12.8 Å². The summed E-state index contributed by atoms with van der Waals surface area (Å²) < 4.78 is 53.2. The molecule has 2 rings (SSSR count). The molecule has 0 spiro atoms. The zero-order chi connectivity index (χ0) is 14.3. The van der Waals surface area contributed by atoms with Crippen LogP contribution in [0.4, 0.5) is 8.78 Å². The highest BCUT2D eigenvalue weighted by atomic mass is 32.2. The van der Waals surface area contributed by atoms with Gasteiger partial charge in [-0.25, -0.2) is 17.2 Å². The number of halogens is 2. The summed E-state index contributed by atoms with van der Waals surface area (Å²) in [5, 5.41) is 9.08. The van der Waals surface area contributed by atoms with Crippen molar-refractivity contribution >= 4 is 10.0 Å². The number of rotatable bonds is 4. The van der Waals surface area contributed by atoms with Crippen molar-refractivity contribution in [1.82, 2.24) is 4.72 Å². The van der Waals surface area contributed by atoms with Crippen molar-refractivity contribution in [2.24, 2.45) is 5.92 Å². The Labute approximate surface area is 110 Å². The minimum Gasteiger partial charge on any atom is -0.207 e. The fourth-order valence-corrected chi connectivity index (χ4v) is 3.45. The summed E-state index contributed by atoms with van der Waals surface area (Å²) in [5.41, 5.74) is -1.34. The summed E-state index contributed by atoms with van der Waals surface area (Å²) in [6, 6.07) is 4.67. The molecule has 1 aliphatic carbocycles. The number of sulfonamides is 1. The molecule has 102 valence electrons. The third-order valence-corrected chi connectivity index (χ3v) is 4.78. The molecule has 0 saturated heterocycles. The molecule has 0 radical (unpaired) electrons. The summed E-state index contributed by atoms with van der Waals surface area (Å²) in [4.78, 5) is -1.04. The van der Waals surface area contributed by atoms with Crippen molar-refractivity contribution in [3.05, 3.63) is 29.8 Å². The molecule has 1 fully saturated rings. The molecular formula is C12H12F2N2O2S. The van der Waals surface area contributed by atoms with E-state index in [0.717, 1.165) is 18.2 Å². The Balaban J connectivity index is 2.41. The first-order chi connectivity index (χ1) is 8.80. The summed E-state index contributed by atoms with van der Waals surface area (Å²) in [5.74, 6) is -2.48. The topological polar surface area (TPSA) is 70.0 Å². The van der Waals surface area contributed by atoms with Crippen molar-refractivity contribution in [3.63, 3.8) is 0 Å². The first-order valence-electron chi connectivity index (χ1n) is 5.69. The minimum absolute atomic E-state index is 0.123. The maximum atomic E-state index is 13.5. The minimum atomic E-state index is -4.42. The van der Waals surface area contributed by atoms with E-state index in [2.05, 4.69) is 4.72 Å². The Hall–Kier alpha value is -1.52. The lowest BCUT2D eigenvalue weighted by atomic mass is 10.0. The van der Waals surface area contributed by atoms with Gasteiger partial charge in [0.25, 0.3) is 0 Å². The summed E-state index contributed by atoms with van der Waals surface area (Å²) in [7, 11) is -4.42. The summed E-state index contributed by atoms with van der Waals surface area (Å²) in [6.07, 6.45) is 1.43. The monoisotopic (exact) mass is 286 g/mol. The van der Waals surface area contributed by atoms with E-state index < -0.39 is 32.1 Å². The Bertz CT molecular complexity index is 630. The molecule has 0 amide bonds. The van der Waals surface area contributed by atoms with E-state index in [1.807, 2.05) is 6.07 Å². The van der Waals surface area contributed by atoms with E-state index in [4.69, 9.17) is 5.26 Å². The van der Waals surface area contributed by atoms with Crippen LogP contribution in [0.15, 0.2) is 23.1 Å². The molecule has 0 unspecified atom stereocenters. The molecule has 1 aromatic rings. The van der Waals surface area contributed by atoms with Crippen molar-refractivity contribution < 1.29 is 17.2 Å². The maximum Gasteiger partial charge on any atom is 0.247 e. The molecule has 1 saturated carbocycles. The van der Waals surface area contributed by atoms with Crippen LogP contribution in [0.3, 0.4) is 0 Å². The first kappa shape index (κ1) is 13.9. The van der Waals surface area contributed by atoms with E-state index in [1.165, 1.54) is 6.92 Å². The highest BCUT2D eigenvalue weighted by Gasteiger charge is 2.45. The Kier molecular flexibility index (Phi) is 3.32. The molecule has 0 aromatic heterocycles. The largest absolute Gasteiger partial charge is 0.247 e. The van der Waals surface area contributed by atoms with Crippen molar-refractivity contribution in [3.8, 4) is 6.07 Å². The number of hydrogen-bond donors (Lipinski definition) is 1. The number of nitriles is 1. The average molecular weight is 286 g/mol. The molecule has 19 heavy (non-hydrogen) atoms. The summed E-state index contributed by atoms with van der Waals surface area (Å²) >= 11 is 0. The lowest BCUT2D eigenvalue weighted by Crippen LogP contribution is -2.47. The van der Waals surface area contributed by atoms with Gasteiger partial charge in [0.2, 0.25) is 10.0 Å². The Morgan fingerprint density at radius 2 is 1.89 bits per heavy atom. The second-order valence-corrected chi connectivity index (χ2v) is 6.36. The van der Waals surface area contributed by atoms with Gasteiger partial charge in [-0.1, -0.05) is 6.07 Å². The van der Waals surface area contributed by atoms with Gasteiger partial charge in [0, 0.05) is 0 Å². The Morgan fingerprint density at radius 1 is 1.37 bits per heavy atom. The van der Waals surface area contributed by atoms with E-state index >= 15 is 0 Å². The molecule has 1 N–H and O–H groups in total. The zero-order valence-electron chi connectivity index (χ0n) is 10.2. The van der Waals surface area contributed by atoms with Gasteiger partial charge in [-0.2, -0.15) is 9.98 Å². The van der Waals surface area contributed by atoms with Crippen LogP contribution >= 0.6 is 0 Å². The molecular weight excluding hydrogens is 274 g/mol. The first-order valence-corrected chi connectivity index (χ1v) is 7.18. The number of nitrogens with zero attached hydrogens (tertiary/aromatic N) is 1. The van der Waals surface area contributed by atoms with Gasteiger partial charge >= 0.3 is 0 Å². The van der Waals surface area contributed by atoms with Gasteiger partial charge in [-0.15, -0.1) is 0 Å². The molecule has 4 nitrogen and oxygen atoms in total. The van der Waals surface area contributed by atoms with Crippen LogP contribution in [-0.2, 0) is 10.0 Å². The smallest absolute Gasteiger partial charge is 0.207 e. The quantitative estimate of drug-likeness (QED) is 0.919. The predicted molar refractivity (Wildman–Crippen MR) is 63.4 cm³/mol. The van der Waals surface area contributed by atoms with Crippen LogP contribution in [0.1, 0.15) is 19.8 Å². The van der Waals surface area contributed by atoms with Crippen LogP contribution < -0.4 is 4.72 Å². The fraction of sp³-hybridized carbons (Fsp3) is 0.417. The zero-order valence-corrected chi connectivity index (χ0v) is 11.0. The second-order valence-electron chi connectivity index (χ2n) is 4.74. The SMILES string of the molecule is C[C@](C#N)(NS(=O)(=O)c1c(F)cccc1F)C1CC1. The van der Waals surface area contributed by atoms with E-state index in [-0.39, 0.29) is 5.92 Å². The molecule has 7 heteroatoms. The van der Waals surface area contributed by atoms with Crippen molar-refractivity contribution in [1.29, 1.82) is 5.26 Å². The molecule has 0 heterocycles.